The first-order valence-corrected chi connectivity index (χ1v) is 7.47. The molecular formula is C17H14INO. The molecule has 3 heteroatoms. The molecule has 0 saturated heterocycles. The lowest BCUT2D eigenvalue weighted by Crippen LogP contribution is -2.07. The first kappa shape index (κ1) is 13.2. The SMILES string of the molecule is CN(c1ccccc1)c1cc(I)c(-c2ccccc2)o1. The van der Waals surface area contributed by atoms with Crippen molar-refractivity contribution >= 4 is 34.2 Å². The van der Waals surface area contributed by atoms with Crippen LogP contribution in [0.3, 0.4) is 0 Å². The third-order valence-corrected chi connectivity index (χ3v) is 3.99. The monoisotopic (exact) mass is 375 g/mol. The van der Waals surface area contributed by atoms with E-state index < -0.39 is 0 Å². The Balaban J connectivity index is 1.97. The van der Waals surface area contributed by atoms with Crippen molar-refractivity contribution in [1.29, 1.82) is 0 Å². The van der Waals surface area contributed by atoms with Gasteiger partial charge >= 0.3 is 0 Å². The van der Waals surface area contributed by atoms with Gasteiger partial charge in [-0.3, -0.25) is 0 Å². The third kappa shape index (κ3) is 2.58. The molecule has 0 aliphatic carbocycles. The maximum absolute atomic E-state index is 6.04. The first-order valence-electron chi connectivity index (χ1n) is 6.39. The second-order valence-corrected chi connectivity index (χ2v) is 5.68. The van der Waals surface area contributed by atoms with Crippen LogP contribution in [-0.4, -0.2) is 7.05 Å². The van der Waals surface area contributed by atoms with Gasteiger partial charge in [0.15, 0.2) is 0 Å². The molecule has 0 N–H and O–H groups in total. The molecule has 0 amide bonds. The smallest absolute Gasteiger partial charge is 0.201 e. The molecule has 100 valence electrons. The Kier molecular flexibility index (Phi) is 3.78. The lowest BCUT2D eigenvalue weighted by Gasteiger charge is -2.15. The molecule has 2 nitrogen and oxygen atoms in total. The number of hydrogen-bond donors (Lipinski definition) is 0. The fraction of sp³-hybridized carbons (Fsp3) is 0.0588. The number of furan rings is 1. The molecule has 0 radical (unpaired) electrons. The van der Waals surface area contributed by atoms with Gasteiger partial charge in [0.2, 0.25) is 5.88 Å². The van der Waals surface area contributed by atoms with Gasteiger partial charge in [-0.15, -0.1) is 0 Å². The fourth-order valence-corrected chi connectivity index (χ4v) is 2.78. The van der Waals surface area contributed by atoms with Crippen LogP contribution < -0.4 is 4.90 Å². The van der Waals surface area contributed by atoms with Crippen LogP contribution in [0.1, 0.15) is 0 Å². The van der Waals surface area contributed by atoms with Crippen molar-refractivity contribution in [2.24, 2.45) is 0 Å². The quantitative estimate of drug-likeness (QED) is 0.576. The Morgan fingerprint density at radius 3 is 2.15 bits per heavy atom. The molecular weight excluding hydrogens is 361 g/mol. The number of benzene rings is 2. The third-order valence-electron chi connectivity index (χ3n) is 3.18. The summed E-state index contributed by atoms with van der Waals surface area (Å²) in [4.78, 5) is 2.05. The van der Waals surface area contributed by atoms with Crippen LogP contribution in [-0.2, 0) is 0 Å². The number of rotatable bonds is 3. The van der Waals surface area contributed by atoms with Gasteiger partial charge in [-0.1, -0.05) is 48.5 Å². The highest BCUT2D eigenvalue weighted by Crippen LogP contribution is 2.34. The molecule has 2 aromatic carbocycles. The van der Waals surface area contributed by atoms with Crippen LogP contribution in [0.25, 0.3) is 11.3 Å². The van der Waals surface area contributed by atoms with Gasteiger partial charge in [0, 0.05) is 24.4 Å². The minimum absolute atomic E-state index is 0.847. The molecule has 0 bridgehead atoms. The highest BCUT2D eigenvalue weighted by atomic mass is 127. The molecule has 1 heterocycles. The number of anilines is 2. The van der Waals surface area contributed by atoms with Crippen LogP contribution in [0.4, 0.5) is 11.6 Å². The molecule has 0 unspecified atom stereocenters. The van der Waals surface area contributed by atoms with Gasteiger partial charge in [0.25, 0.3) is 0 Å². The lowest BCUT2D eigenvalue weighted by molar-refractivity contribution is 0.583. The lowest BCUT2D eigenvalue weighted by atomic mass is 10.2. The molecule has 0 aliphatic heterocycles. The van der Waals surface area contributed by atoms with E-state index in [1.54, 1.807) is 0 Å². The van der Waals surface area contributed by atoms with Crippen molar-refractivity contribution in [3.05, 3.63) is 70.3 Å². The maximum atomic E-state index is 6.04. The number of nitrogens with zero attached hydrogens (tertiary/aromatic N) is 1. The summed E-state index contributed by atoms with van der Waals surface area (Å²) in [5, 5.41) is 0. The summed E-state index contributed by atoms with van der Waals surface area (Å²) in [6.45, 7) is 0. The van der Waals surface area contributed by atoms with E-state index in [9.17, 15) is 0 Å². The van der Waals surface area contributed by atoms with Crippen molar-refractivity contribution < 1.29 is 4.42 Å². The number of para-hydroxylation sites is 1. The fourth-order valence-electron chi connectivity index (χ4n) is 2.09. The summed E-state index contributed by atoms with van der Waals surface area (Å²) >= 11 is 2.32. The second-order valence-electron chi connectivity index (χ2n) is 4.52. The molecule has 0 spiro atoms. The summed E-state index contributed by atoms with van der Waals surface area (Å²) in [6, 6.07) is 22.4. The van der Waals surface area contributed by atoms with Gasteiger partial charge < -0.3 is 9.32 Å². The van der Waals surface area contributed by atoms with E-state index in [-0.39, 0.29) is 0 Å². The molecule has 0 fully saturated rings. The van der Waals surface area contributed by atoms with E-state index >= 15 is 0 Å². The highest BCUT2D eigenvalue weighted by Gasteiger charge is 2.14. The van der Waals surface area contributed by atoms with Crippen molar-refractivity contribution in [2.45, 2.75) is 0 Å². The minimum Gasteiger partial charge on any atom is -0.439 e. The topological polar surface area (TPSA) is 16.4 Å². The second kappa shape index (κ2) is 5.71. The van der Waals surface area contributed by atoms with Gasteiger partial charge in [-0.25, -0.2) is 0 Å². The number of halogens is 1. The molecule has 20 heavy (non-hydrogen) atoms. The van der Waals surface area contributed by atoms with E-state index in [0.29, 0.717) is 0 Å². The zero-order chi connectivity index (χ0) is 13.9. The molecule has 3 rings (SSSR count). The molecule has 3 aromatic rings. The van der Waals surface area contributed by atoms with E-state index in [4.69, 9.17) is 4.42 Å². The number of hydrogen-bond acceptors (Lipinski definition) is 2. The van der Waals surface area contributed by atoms with Crippen molar-refractivity contribution in [3.63, 3.8) is 0 Å². The van der Waals surface area contributed by atoms with Gasteiger partial charge in [0.1, 0.15) is 5.76 Å². The summed E-state index contributed by atoms with van der Waals surface area (Å²) < 4.78 is 7.15. The largest absolute Gasteiger partial charge is 0.439 e. The Labute approximate surface area is 132 Å². The summed E-state index contributed by atoms with van der Waals surface area (Å²) in [7, 11) is 2.01. The van der Waals surface area contributed by atoms with Crippen LogP contribution in [0.5, 0.6) is 0 Å². The normalized spacial score (nSPS) is 10.5. The first-order chi connectivity index (χ1) is 9.75. The molecule has 0 aliphatic rings. The van der Waals surface area contributed by atoms with Crippen LogP contribution in [0.15, 0.2) is 71.1 Å². The standard InChI is InChI=1S/C17H14INO/c1-19(14-10-6-3-7-11-14)16-12-15(18)17(20-16)13-8-4-2-5-9-13/h2-12H,1H3. The van der Waals surface area contributed by atoms with Crippen LogP contribution >= 0.6 is 22.6 Å². The zero-order valence-corrected chi connectivity index (χ0v) is 13.2. The van der Waals surface area contributed by atoms with E-state index in [1.807, 2.05) is 43.4 Å². The predicted molar refractivity (Wildman–Crippen MR) is 91.4 cm³/mol. The Morgan fingerprint density at radius 2 is 1.50 bits per heavy atom. The van der Waals surface area contributed by atoms with Crippen molar-refractivity contribution in [3.8, 4) is 11.3 Å². The van der Waals surface area contributed by atoms with Gasteiger partial charge in [-0.2, -0.15) is 0 Å². The summed E-state index contributed by atoms with van der Waals surface area (Å²) in [6.07, 6.45) is 0. The van der Waals surface area contributed by atoms with Crippen LogP contribution in [0, 0.1) is 3.57 Å². The predicted octanol–water partition coefficient (Wildman–Crippen LogP) is 5.32. The highest BCUT2D eigenvalue weighted by molar-refractivity contribution is 14.1. The Hall–Kier alpha value is -1.75. The van der Waals surface area contributed by atoms with Gasteiger partial charge in [-0.05, 0) is 34.7 Å². The summed E-state index contributed by atoms with van der Waals surface area (Å²) in [5.74, 6) is 1.77. The maximum Gasteiger partial charge on any atom is 0.201 e. The molecule has 0 saturated carbocycles. The Morgan fingerprint density at radius 1 is 0.900 bits per heavy atom. The Bertz CT molecular complexity index is 692. The van der Waals surface area contributed by atoms with E-state index in [0.717, 1.165) is 26.5 Å². The van der Waals surface area contributed by atoms with Crippen molar-refractivity contribution in [2.75, 3.05) is 11.9 Å². The van der Waals surface area contributed by atoms with Crippen LogP contribution in [0.2, 0.25) is 0 Å². The molecule has 1 aromatic heterocycles. The zero-order valence-electron chi connectivity index (χ0n) is 11.1. The van der Waals surface area contributed by atoms with Crippen molar-refractivity contribution in [1.82, 2.24) is 0 Å². The van der Waals surface area contributed by atoms with E-state index in [2.05, 4.69) is 57.8 Å². The minimum atomic E-state index is 0.847. The average Bonchev–Trinajstić information content (AvgIpc) is 2.90. The van der Waals surface area contributed by atoms with E-state index in [1.165, 1.54) is 0 Å². The average molecular weight is 375 g/mol. The summed E-state index contributed by atoms with van der Waals surface area (Å²) in [5.41, 5.74) is 2.21. The molecule has 0 atom stereocenters. The van der Waals surface area contributed by atoms with Gasteiger partial charge in [0.05, 0.1) is 3.57 Å².